The number of hydrogen-bond donors (Lipinski definition) is 1. The molecule has 0 radical (unpaired) electrons. The van der Waals surface area contributed by atoms with Crippen LogP contribution < -0.4 is 0 Å². The van der Waals surface area contributed by atoms with Crippen molar-refractivity contribution < 1.29 is 14.8 Å². The van der Waals surface area contributed by atoms with Crippen LogP contribution >= 0.6 is 11.6 Å². The summed E-state index contributed by atoms with van der Waals surface area (Å²) < 4.78 is 1.28. The number of hydrogen-bond acceptors (Lipinski definition) is 5. The summed E-state index contributed by atoms with van der Waals surface area (Å²) >= 11 is 5.97. The molecule has 8 nitrogen and oxygen atoms in total. The Morgan fingerprint density at radius 3 is 2.90 bits per heavy atom. The third-order valence-electron chi connectivity index (χ3n) is 2.52. The molecule has 9 heteroatoms. The number of aryl methyl sites for hydroxylation is 1. The van der Waals surface area contributed by atoms with E-state index in [4.69, 9.17) is 16.7 Å². The van der Waals surface area contributed by atoms with E-state index in [1.165, 1.54) is 29.1 Å². The van der Waals surface area contributed by atoms with Crippen LogP contribution in [-0.2, 0) is 11.2 Å². The van der Waals surface area contributed by atoms with Crippen molar-refractivity contribution in [1.29, 1.82) is 0 Å². The van der Waals surface area contributed by atoms with Gasteiger partial charge >= 0.3 is 5.97 Å². The molecule has 1 N–H and O–H groups in total. The molecule has 0 saturated carbocycles. The van der Waals surface area contributed by atoms with E-state index < -0.39 is 10.9 Å². The average Bonchev–Trinajstić information content (AvgIpc) is 2.85. The Morgan fingerprint density at radius 1 is 1.50 bits per heavy atom. The normalized spacial score (nSPS) is 10.4. The lowest BCUT2D eigenvalue weighted by molar-refractivity contribution is -0.384. The van der Waals surface area contributed by atoms with Crippen molar-refractivity contribution in [3.63, 3.8) is 0 Å². The van der Waals surface area contributed by atoms with E-state index in [0.717, 1.165) is 0 Å². The summed E-state index contributed by atoms with van der Waals surface area (Å²) in [5.74, 6) is -0.937. The van der Waals surface area contributed by atoms with Crippen LogP contribution in [0.25, 0.3) is 5.69 Å². The van der Waals surface area contributed by atoms with Gasteiger partial charge in [-0.05, 0) is 6.07 Å². The zero-order valence-corrected chi connectivity index (χ0v) is 10.8. The van der Waals surface area contributed by atoms with E-state index in [0.29, 0.717) is 11.4 Å². The second kappa shape index (κ2) is 5.66. The molecular formula is C11H9ClN4O4. The van der Waals surface area contributed by atoms with Crippen LogP contribution in [0.3, 0.4) is 0 Å². The summed E-state index contributed by atoms with van der Waals surface area (Å²) in [7, 11) is 0. The Balaban J connectivity index is 2.29. The standard InChI is InChI=1S/C11H9ClN4O4/c12-9-3-2-8(16(19)20)5-10(9)15-6-7(13-14-15)1-4-11(17)18/h2-3,5-6H,1,4H2,(H,17,18). The van der Waals surface area contributed by atoms with Crippen molar-refractivity contribution in [3.8, 4) is 5.69 Å². The number of carboxylic acid groups (broad SMARTS) is 1. The number of carboxylic acids is 1. The van der Waals surface area contributed by atoms with Crippen molar-refractivity contribution in [2.45, 2.75) is 12.8 Å². The number of non-ortho nitro benzene ring substituents is 1. The number of nitro groups is 1. The SMILES string of the molecule is O=C(O)CCc1cn(-c2cc([N+](=O)[O-])ccc2Cl)nn1. The molecular weight excluding hydrogens is 288 g/mol. The number of aliphatic carboxylic acids is 1. The zero-order chi connectivity index (χ0) is 14.7. The lowest BCUT2D eigenvalue weighted by Gasteiger charge is -2.02. The number of nitro benzene ring substituents is 1. The molecule has 1 aromatic carbocycles. The molecule has 104 valence electrons. The highest BCUT2D eigenvalue weighted by atomic mass is 35.5. The molecule has 1 heterocycles. The summed E-state index contributed by atoms with van der Waals surface area (Å²) in [4.78, 5) is 20.7. The molecule has 0 aliphatic heterocycles. The number of halogens is 1. The van der Waals surface area contributed by atoms with Gasteiger partial charge < -0.3 is 5.11 Å². The molecule has 0 saturated heterocycles. The fourth-order valence-corrected chi connectivity index (χ4v) is 1.76. The van der Waals surface area contributed by atoms with E-state index in [9.17, 15) is 14.9 Å². The zero-order valence-electron chi connectivity index (χ0n) is 10.1. The molecule has 2 aromatic rings. The van der Waals surface area contributed by atoms with E-state index in [1.807, 2.05) is 0 Å². The topological polar surface area (TPSA) is 111 Å². The maximum atomic E-state index is 10.7. The minimum atomic E-state index is -0.937. The van der Waals surface area contributed by atoms with Crippen LogP contribution in [0.4, 0.5) is 5.69 Å². The maximum Gasteiger partial charge on any atom is 0.303 e. The number of rotatable bonds is 5. The minimum Gasteiger partial charge on any atom is -0.481 e. The third kappa shape index (κ3) is 3.09. The second-order valence-corrected chi connectivity index (χ2v) is 4.35. The molecule has 1 aromatic heterocycles. The molecule has 20 heavy (non-hydrogen) atoms. The molecule has 0 aliphatic carbocycles. The van der Waals surface area contributed by atoms with Crippen molar-refractivity contribution in [1.82, 2.24) is 15.0 Å². The summed E-state index contributed by atoms with van der Waals surface area (Å²) in [6, 6.07) is 3.96. The maximum absolute atomic E-state index is 10.7. The lowest BCUT2D eigenvalue weighted by Crippen LogP contribution is -1.98. The Hall–Kier alpha value is -2.48. The van der Waals surface area contributed by atoms with Crippen LogP contribution in [0.2, 0.25) is 5.02 Å². The van der Waals surface area contributed by atoms with E-state index in [-0.39, 0.29) is 23.6 Å². The largest absolute Gasteiger partial charge is 0.481 e. The van der Waals surface area contributed by atoms with Gasteiger partial charge in [-0.2, -0.15) is 0 Å². The Labute approximate surface area is 117 Å². The van der Waals surface area contributed by atoms with Crippen molar-refractivity contribution in [3.05, 3.63) is 45.2 Å². The number of benzene rings is 1. The highest BCUT2D eigenvalue weighted by Crippen LogP contribution is 2.25. The van der Waals surface area contributed by atoms with Gasteiger partial charge in [0.1, 0.15) is 0 Å². The first kappa shape index (κ1) is 13.9. The molecule has 0 bridgehead atoms. The van der Waals surface area contributed by atoms with E-state index >= 15 is 0 Å². The number of carbonyl (C=O) groups is 1. The van der Waals surface area contributed by atoms with Crippen LogP contribution in [0.5, 0.6) is 0 Å². The quantitative estimate of drug-likeness (QED) is 0.665. The van der Waals surface area contributed by atoms with Gasteiger partial charge in [-0.3, -0.25) is 14.9 Å². The van der Waals surface area contributed by atoms with Crippen molar-refractivity contribution >= 4 is 23.3 Å². The first-order chi connectivity index (χ1) is 9.47. The smallest absolute Gasteiger partial charge is 0.303 e. The van der Waals surface area contributed by atoms with Crippen LogP contribution in [0, 0.1) is 10.1 Å². The average molecular weight is 297 g/mol. The predicted octanol–water partition coefficient (Wildman–Crippen LogP) is 1.85. The van der Waals surface area contributed by atoms with Gasteiger partial charge in [0, 0.05) is 18.6 Å². The third-order valence-corrected chi connectivity index (χ3v) is 2.84. The van der Waals surface area contributed by atoms with Gasteiger partial charge in [0.25, 0.3) is 5.69 Å². The highest BCUT2D eigenvalue weighted by molar-refractivity contribution is 6.32. The fraction of sp³-hybridized carbons (Fsp3) is 0.182. The summed E-state index contributed by atoms with van der Waals surface area (Å²) in [6.07, 6.45) is 1.65. The van der Waals surface area contributed by atoms with Gasteiger partial charge in [0.15, 0.2) is 0 Å². The molecule has 0 atom stereocenters. The Kier molecular flexibility index (Phi) is 3.94. The molecule has 0 fully saturated rings. The second-order valence-electron chi connectivity index (χ2n) is 3.94. The highest BCUT2D eigenvalue weighted by Gasteiger charge is 2.13. The van der Waals surface area contributed by atoms with Crippen LogP contribution in [0.1, 0.15) is 12.1 Å². The Morgan fingerprint density at radius 2 is 2.25 bits per heavy atom. The summed E-state index contributed by atoms with van der Waals surface area (Å²) in [5.41, 5.74) is 0.664. The minimum absolute atomic E-state index is 0.0681. The Bertz CT molecular complexity index is 670. The van der Waals surface area contributed by atoms with Gasteiger partial charge in [-0.25, -0.2) is 4.68 Å². The monoisotopic (exact) mass is 296 g/mol. The fourth-order valence-electron chi connectivity index (χ4n) is 1.56. The van der Waals surface area contributed by atoms with Crippen molar-refractivity contribution in [2.24, 2.45) is 0 Å². The molecule has 0 unspecified atom stereocenters. The van der Waals surface area contributed by atoms with Crippen LogP contribution in [-0.4, -0.2) is 31.0 Å². The van der Waals surface area contributed by atoms with Crippen LogP contribution in [0.15, 0.2) is 24.4 Å². The van der Waals surface area contributed by atoms with Gasteiger partial charge in [-0.15, -0.1) is 5.10 Å². The first-order valence-electron chi connectivity index (χ1n) is 5.54. The summed E-state index contributed by atoms with van der Waals surface area (Å²) in [6.45, 7) is 0. The number of nitrogens with zero attached hydrogens (tertiary/aromatic N) is 4. The van der Waals surface area contributed by atoms with Crippen molar-refractivity contribution in [2.75, 3.05) is 0 Å². The summed E-state index contributed by atoms with van der Waals surface area (Å²) in [5, 5.41) is 27.2. The van der Waals surface area contributed by atoms with Gasteiger partial charge in [0.05, 0.1) is 33.9 Å². The first-order valence-corrected chi connectivity index (χ1v) is 5.92. The molecule has 0 aliphatic rings. The van der Waals surface area contributed by atoms with E-state index in [2.05, 4.69) is 10.3 Å². The van der Waals surface area contributed by atoms with Gasteiger partial charge in [-0.1, -0.05) is 16.8 Å². The van der Waals surface area contributed by atoms with E-state index in [1.54, 1.807) is 0 Å². The number of aromatic nitrogens is 3. The lowest BCUT2D eigenvalue weighted by atomic mass is 10.2. The molecule has 0 amide bonds. The molecule has 2 rings (SSSR count). The van der Waals surface area contributed by atoms with Gasteiger partial charge in [0.2, 0.25) is 0 Å². The predicted molar refractivity (Wildman–Crippen MR) is 69.0 cm³/mol. The molecule has 0 spiro atoms.